The van der Waals surface area contributed by atoms with E-state index in [-0.39, 0.29) is 0 Å². The Hall–Kier alpha value is -0.330. The zero-order valence-corrected chi connectivity index (χ0v) is 4.48. The molecule has 0 spiro atoms. The molecule has 1 radical (unpaired) electrons. The first-order chi connectivity index (χ1) is 3.34. The highest BCUT2D eigenvalue weighted by atomic mass is 16.1. The second-order valence-corrected chi connectivity index (χ2v) is 2.13. The van der Waals surface area contributed by atoms with E-state index >= 15 is 0 Å². The maximum absolute atomic E-state index is 9.78. The number of hydrogen-bond acceptors (Lipinski definition) is 1. The van der Waals surface area contributed by atoms with Gasteiger partial charge in [0, 0.05) is 6.42 Å². The lowest BCUT2D eigenvalue weighted by Gasteiger charge is -1.77. The van der Waals surface area contributed by atoms with E-state index in [1.807, 2.05) is 0 Å². The summed E-state index contributed by atoms with van der Waals surface area (Å²) in [5, 5.41) is 0. The van der Waals surface area contributed by atoms with Crippen LogP contribution in [0.15, 0.2) is 0 Å². The van der Waals surface area contributed by atoms with Crippen LogP contribution >= 0.6 is 0 Å². The topological polar surface area (TPSA) is 17.1 Å². The van der Waals surface area contributed by atoms with E-state index in [1.165, 1.54) is 12.3 Å². The summed E-state index contributed by atoms with van der Waals surface area (Å²) >= 11 is 0. The summed E-state index contributed by atoms with van der Waals surface area (Å²) in [7, 11) is 0. The molecule has 0 heterocycles. The van der Waals surface area contributed by atoms with Crippen molar-refractivity contribution >= 4 is 6.29 Å². The number of rotatable bonds is 2. The predicted octanol–water partition coefficient (Wildman–Crippen LogP) is 1.19. The molecule has 0 aliphatic heterocycles. The fraction of sp³-hybridized carbons (Fsp3) is 0.667. The Morgan fingerprint density at radius 1 is 2.00 bits per heavy atom. The van der Waals surface area contributed by atoms with Crippen molar-refractivity contribution in [3.63, 3.8) is 0 Å². The van der Waals surface area contributed by atoms with Gasteiger partial charge in [0.25, 0.3) is 0 Å². The lowest BCUT2D eigenvalue weighted by atomic mass is 10.3. The molecule has 1 nitrogen and oxygen atoms in total. The van der Waals surface area contributed by atoms with Crippen LogP contribution in [0.2, 0.25) is 0 Å². The van der Waals surface area contributed by atoms with Crippen molar-refractivity contribution in [2.45, 2.75) is 19.8 Å². The SMILES string of the molecule is CC1C[C]1CC=O. The maximum Gasteiger partial charge on any atom is 0.120 e. The molecule has 1 aliphatic rings. The van der Waals surface area contributed by atoms with E-state index < -0.39 is 0 Å². The molecule has 0 bridgehead atoms. The van der Waals surface area contributed by atoms with E-state index in [9.17, 15) is 4.79 Å². The molecule has 0 aromatic rings. The van der Waals surface area contributed by atoms with E-state index in [1.54, 1.807) is 0 Å². The van der Waals surface area contributed by atoms with Crippen LogP contribution < -0.4 is 0 Å². The molecular formula is C6H9O. The van der Waals surface area contributed by atoms with E-state index in [0.29, 0.717) is 6.42 Å². The van der Waals surface area contributed by atoms with Crippen molar-refractivity contribution in [3.8, 4) is 0 Å². The third-order valence-corrected chi connectivity index (χ3v) is 1.45. The Bertz CT molecular complexity index is 78.2. The minimum atomic E-state index is 0.709. The first kappa shape index (κ1) is 4.82. The van der Waals surface area contributed by atoms with Gasteiger partial charge >= 0.3 is 0 Å². The molecule has 1 atom stereocenters. The van der Waals surface area contributed by atoms with Crippen LogP contribution in [0.4, 0.5) is 0 Å². The van der Waals surface area contributed by atoms with Gasteiger partial charge in [-0.05, 0) is 18.3 Å². The highest BCUT2D eigenvalue weighted by molar-refractivity contribution is 5.55. The first-order valence-corrected chi connectivity index (χ1v) is 2.63. The average Bonchev–Trinajstić information content (AvgIpc) is 2.22. The minimum Gasteiger partial charge on any atom is -0.303 e. The summed E-state index contributed by atoms with van der Waals surface area (Å²) in [5.74, 6) is 2.18. The zero-order valence-electron chi connectivity index (χ0n) is 4.48. The average molecular weight is 97.1 g/mol. The van der Waals surface area contributed by atoms with Gasteiger partial charge in [0.1, 0.15) is 6.29 Å². The molecule has 39 valence electrons. The summed E-state index contributed by atoms with van der Waals surface area (Å²) in [6, 6.07) is 0. The van der Waals surface area contributed by atoms with Gasteiger partial charge in [-0.2, -0.15) is 0 Å². The number of carbonyl (C=O) groups is 1. The summed E-state index contributed by atoms with van der Waals surface area (Å²) < 4.78 is 0. The third kappa shape index (κ3) is 1.02. The molecule has 1 unspecified atom stereocenters. The maximum atomic E-state index is 9.78. The summed E-state index contributed by atoms with van der Waals surface area (Å²) in [4.78, 5) is 9.78. The van der Waals surface area contributed by atoms with Crippen LogP contribution in [0.3, 0.4) is 0 Å². The van der Waals surface area contributed by atoms with Crippen molar-refractivity contribution in [1.82, 2.24) is 0 Å². The molecule has 0 aromatic carbocycles. The van der Waals surface area contributed by atoms with Crippen molar-refractivity contribution in [1.29, 1.82) is 0 Å². The van der Waals surface area contributed by atoms with Crippen LogP contribution in [0, 0.1) is 11.8 Å². The van der Waals surface area contributed by atoms with Crippen LogP contribution in [0.25, 0.3) is 0 Å². The summed E-state index contributed by atoms with van der Waals surface area (Å²) in [5.41, 5.74) is 0. The van der Waals surface area contributed by atoms with Crippen LogP contribution in [-0.2, 0) is 4.79 Å². The van der Waals surface area contributed by atoms with Crippen LogP contribution in [0.1, 0.15) is 19.8 Å². The van der Waals surface area contributed by atoms with Crippen molar-refractivity contribution in [3.05, 3.63) is 5.92 Å². The van der Waals surface area contributed by atoms with Gasteiger partial charge in [-0.25, -0.2) is 0 Å². The Morgan fingerprint density at radius 3 is 2.71 bits per heavy atom. The van der Waals surface area contributed by atoms with Crippen molar-refractivity contribution in [2.75, 3.05) is 0 Å². The lowest BCUT2D eigenvalue weighted by Crippen LogP contribution is -1.75. The Kier molecular flexibility index (Phi) is 1.13. The number of aldehydes is 1. The monoisotopic (exact) mass is 97.1 g/mol. The zero-order chi connectivity index (χ0) is 5.28. The van der Waals surface area contributed by atoms with Gasteiger partial charge in [-0.15, -0.1) is 0 Å². The molecule has 1 aliphatic carbocycles. The molecule has 1 heteroatoms. The molecule has 1 fully saturated rings. The molecule has 1 saturated carbocycles. The van der Waals surface area contributed by atoms with Crippen LogP contribution in [0.5, 0.6) is 0 Å². The molecule has 0 N–H and O–H groups in total. The summed E-state index contributed by atoms with van der Waals surface area (Å²) in [6.07, 6.45) is 2.89. The second-order valence-electron chi connectivity index (χ2n) is 2.13. The lowest BCUT2D eigenvalue weighted by molar-refractivity contribution is -0.107. The standard InChI is InChI=1S/C6H9O/c1-5-4-6(5)2-3-7/h3,5H,2,4H2,1H3. The quantitative estimate of drug-likeness (QED) is 0.473. The highest BCUT2D eigenvalue weighted by Crippen LogP contribution is 2.41. The molecule has 1 rings (SSSR count). The fourth-order valence-corrected chi connectivity index (χ4v) is 0.726. The predicted molar refractivity (Wildman–Crippen MR) is 27.7 cm³/mol. The van der Waals surface area contributed by atoms with Gasteiger partial charge in [0.2, 0.25) is 0 Å². The fourth-order valence-electron chi connectivity index (χ4n) is 0.726. The third-order valence-electron chi connectivity index (χ3n) is 1.45. The van der Waals surface area contributed by atoms with Gasteiger partial charge in [-0.1, -0.05) is 6.92 Å². The van der Waals surface area contributed by atoms with Gasteiger partial charge in [0.15, 0.2) is 0 Å². The molecule has 0 saturated heterocycles. The summed E-state index contributed by atoms with van der Waals surface area (Å²) in [6.45, 7) is 2.15. The highest BCUT2D eigenvalue weighted by Gasteiger charge is 2.32. The second kappa shape index (κ2) is 1.65. The van der Waals surface area contributed by atoms with Gasteiger partial charge in [-0.3, -0.25) is 0 Å². The molecular weight excluding hydrogens is 88.1 g/mol. The van der Waals surface area contributed by atoms with E-state index in [0.717, 1.165) is 12.2 Å². The minimum absolute atomic E-state index is 0.709. The largest absolute Gasteiger partial charge is 0.303 e. The van der Waals surface area contributed by atoms with E-state index in [4.69, 9.17) is 0 Å². The first-order valence-electron chi connectivity index (χ1n) is 2.63. The number of hydrogen-bond donors (Lipinski definition) is 0. The van der Waals surface area contributed by atoms with Gasteiger partial charge in [0.05, 0.1) is 0 Å². The Morgan fingerprint density at radius 2 is 2.57 bits per heavy atom. The van der Waals surface area contributed by atoms with Crippen molar-refractivity contribution in [2.24, 2.45) is 5.92 Å². The molecule has 0 aromatic heterocycles. The Labute approximate surface area is 43.7 Å². The van der Waals surface area contributed by atoms with Crippen molar-refractivity contribution < 1.29 is 4.79 Å². The number of carbonyl (C=O) groups excluding carboxylic acids is 1. The molecule has 7 heavy (non-hydrogen) atoms. The molecule has 0 amide bonds. The normalized spacial score (nSPS) is 30.1. The van der Waals surface area contributed by atoms with Gasteiger partial charge < -0.3 is 4.79 Å². The Balaban J connectivity index is 2.08. The smallest absolute Gasteiger partial charge is 0.120 e. The van der Waals surface area contributed by atoms with E-state index in [2.05, 4.69) is 6.92 Å². The van der Waals surface area contributed by atoms with Crippen LogP contribution in [-0.4, -0.2) is 6.29 Å².